The zero-order valence-electron chi connectivity index (χ0n) is 14.3. The summed E-state index contributed by atoms with van der Waals surface area (Å²) in [5, 5.41) is 0. The van der Waals surface area contributed by atoms with E-state index in [1.54, 1.807) is 19.5 Å². The lowest BCUT2D eigenvalue weighted by atomic mass is 9.98. The number of piperidine rings is 1. The number of amides is 1. The van der Waals surface area contributed by atoms with Gasteiger partial charge in [0.2, 0.25) is 0 Å². The summed E-state index contributed by atoms with van der Waals surface area (Å²) in [7, 11) is 1.63. The standard InChI is InChI=1S/C20H22N2O3/c1-24-17-8-4-14(5-9-17)20(23)22-15-6-7-16(22)12-19(11-15)25-18-3-2-10-21-13-18/h2-5,8-10,13,15-16,19H,6-7,11-12H2,1H3. The Morgan fingerprint density at radius 1 is 1.08 bits per heavy atom. The molecule has 2 unspecified atom stereocenters. The molecule has 3 heterocycles. The third-order valence-corrected chi connectivity index (χ3v) is 5.20. The van der Waals surface area contributed by atoms with E-state index < -0.39 is 0 Å². The average molecular weight is 338 g/mol. The van der Waals surface area contributed by atoms with E-state index in [0.717, 1.165) is 42.7 Å². The molecular weight excluding hydrogens is 316 g/mol. The van der Waals surface area contributed by atoms with Gasteiger partial charge in [-0.25, -0.2) is 0 Å². The molecule has 0 saturated carbocycles. The number of pyridine rings is 1. The molecule has 5 nitrogen and oxygen atoms in total. The van der Waals surface area contributed by atoms with Gasteiger partial charge in [0.15, 0.2) is 0 Å². The molecule has 2 aliphatic heterocycles. The molecule has 2 atom stereocenters. The molecule has 130 valence electrons. The lowest BCUT2D eigenvalue weighted by molar-refractivity contribution is 0.0358. The van der Waals surface area contributed by atoms with Gasteiger partial charge in [-0.2, -0.15) is 0 Å². The van der Waals surface area contributed by atoms with Crippen LogP contribution in [0.25, 0.3) is 0 Å². The van der Waals surface area contributed by atoms with Gasteiger partial charge in [0.05, 0.1) is 13.3 Å². The summed E-state index contributed by atoms with van der Waals surface area (Å²) in [4.78, 5) is 19.1. The van der Waals surface area contributed by atoms with Gasteiger partial charge in [0.25, 0.3) is 5.91 Å². The SMILES string of the molecule is COc1ccc(C(=O)N2C3CCC2CC(Oc2cccnc2)C3)cc1. The second kappa shape index (κ2) is 6.75. The molecule has 0 radical (unpaired) electrons. The molecular formula is C20H22N2O3. The number of hydrogen-bond donors (Lipinski definition) is 0. The second-order valence-corrected chi connectivity index (χ2v) is 6.73. The molecule has 0 aliphatic carbocycles. The van der Waals surface area contributed by atoms with Crippen LogP contribution in [0.5, 0.6) is 11.5 Å². The van der Waals surface area contributed by atoms with Crippen molar-refractivity contribution in [3.05, 3.63) is 54.4 Å². The highest BCUT2D eigenvalue weighted by Gasteiger charge is 2.44. The van der Waals surface area contributed by atoms with E-state index in [-0.39, 0.29) is 24.1 Å². The van der Waals surface area contributed by atoms with Crippen molar-refractivity contribution in [2.75, 3.05) is 7.11 Å². The zero-order chi connectivity index (χ0) is 17.2. The molecule has 1 aromatic carbocycles. The minimum absolute atomic E-state index is 0.120. The molecule has 25 heavy (non-hydrogen) atoms. The van der Waals surface area contributed by atoms with Crippen molar-refractivity contribution in [2.45, 2.75) is 43.9 Å². The quantitative estimate of drug-likeness (QED) is 0.858. The first-order valence-corrected chi connectivity index (χ1v) is 8.78. The molecule has 2 aliphatic rings. The summed E-state index contributed by atoms with van der Waals surface area (Å²) in [5.74, 6) is 1.69. The molecule has 5 heteroatoms. The monoisotopic (exact) mass is 338 g/mol. The maximum Gasteiger partial charge on any atom is 0.254 e. The molecule has 1 amide bonds. The molecule has 1 aromatic heterocycles. The summed E-state index contributed by atoms with van der Waals surface area (Å²) in [6.45, 7) is 0. The first-order chi connectivity index (χ1) is 12.2. The summed E-state index contributed by atoms with van der Waals surface area (Å²) >= 11 is 0. The van der Waals surface area contributed by atoms with Crippen LogP contribution in [-0.2, 0) is 0 Å². The number of rotatable bonds is 4. The Balaban J connectivity index is 1.45. The number of carbonyl (C=O) groups is 1. The molecule has 2 bridgehead atoms. The second-order valence-electron chi connectivity index (χ2n) is 6.73. The lowest BCUT2D eigenvalue weighted by Crippen LogP contribution is -2.49. The Bertz CT molecular complexity index is 718. The Kier molecular flexibility index (Phi) is 4.30. The van der Waals surface area contributed by atoms with Crippen LogP contribution in [-0.4, -0.2) is 41.1 Å². The molecule has 0 spiro atoms. The molecule has 2 fully saturated rings. The smallest absolute Gasteiger partial charge is 0.254 e. The number of methoxy groups -OCH3 is 1. The fourth-order valence-corrected chi connectivity index (χ4v) is 4.05. The third-order valence-electron chi connectivity index (χ3n) is 5.20. The average Bonchev–Trinajstić information content (AvgIpc) is 2.92. The predicted octanol–water partition coefficient (Wildman–Crippen LogP) is 3.30. The molecule has 2 saturated heterocycles. The van der Waals surface area contributed by atoms with Crippen molar-refractivity contribution >= 4 is 5.91 Å². The van der Waals surface area contributed by atoms with Crippen molar-refractivity contribution in [3.8, 4) is 11.5 Å². The number of benzene rings is 1. The lowest BCUT2D eigenvalue weighted by Gasteiger charge is -2.39. The fourth-order valence-electron chi connectivity index (χ4n) is 4.05. The van der Waals surface area contributed by atoms with Crippen LogP contribution in [0.4, 0.5) is 0 Å². The van der Waals surface area contributed by atoms with E-state index in [2.05, 4.69) is 9.88 Å². The summed E-state index contributed by atoms with van der Waals surface area (Å²) in [6.07, 6.45) is 7.52. The van der Waals surface area contributed by atoms with Crippen LogP contribution in [0.1, 0.15) is 36.0 Å². The van der Waals surface area contributed by atoms with Crippen LogP contribution in [0, 0.1) is 0 Å². The van der Waals surface area contributed by atoms with E-state index in [1.165, 1.54) is 0 Å². The normalized spacial score (nSPS) is 24.8. The van der Waals surface area contributed by atoms with Gasteiger partial charge in [0, 0.05) is 36.7 Å². The highest BCUT2D eigenvalue weighted by molar-refractivity contribution is 5.95. The number of fused-ring (bicyclic) bond motifs is 2. The van der Waals surface area contributed by atoms with Crippen LogP contribution < -0.4 is 9.47 Å². The van der Waals surface area contributed by atoms with Crippen LogP contribution in [0.3, 0.4) is 0 Å². The van der Waals surface area contributed by atoms with Crippen LogP contribution in [0.2, 0.25) is 0 Å². The Morgan fingerprint density at radius 3 is 2.40 bits per heavy atom. The summed E-state index contributed by atoms with van der Waals surface area (Å²) in [5.41, 5.74) is 0.726. The van der Waals surface area contributed by atoms with Crippen molar-refractivity contribution in [3.63, 3.8) is 0 Å². The zero-order valence-corrected chi connectivity index (χ0v) is 14.3. The first-order valence-electron chi connectivity index (χ1n) is 8.78. The highest BCUT2D eigenvalue weighted by Crippen LogP contribution is 2.38. The Labute approximate surface area is 147 Å². The fraction of sp³-hybridized carbons (Fsp3) is 0.400. The summed E-state index contributed by atoms with van der Waals surface area (Å²) in [6, 6.07) is 11.7. The molecule has 4 rings (SSSR count). The van der Waals surface area contributed by atoms with Gasteiger partial charge in [-0.15, -0.1) is 0 Å². The van der Waals surface area contributed by atoms with Crippen molar-refractivity contribution in [1.29, 1.82) is 0 Å². The van der Waals surface area contributed by atoms with Gasteiger partial charge < -0.3 is 14.4 Å². The van der Waals surface area contributed by atoms with E-state index in [1.807, 2.05) is 36.4 Å². The van der Waals surface area contributed by atoms with Gasteiger partial charge in [-0.3, -0.25) is 9.78 Å². The largest absolute Gasteiger partial charge is 0.497 e. The van der Waals surface area contributed by atoms with E-state index >= 15 is 0 Å². The van der Waals surface area contributed by atoms with E-state index in [9.17, 15) is 4.79 Å². The maximum absolute atomic E-state index is 13.0. The highest BCUT2D eigenvalue weighted by atomic mass is 16.5. The number of hydrogen-bond acceptors (Lipinski definition) is 4. The molecule has 0 N–H and O–H groups in total. The van der Waals surface area contributed by atoms with Crippen molar-refractivity contribution in [2.24, 2.45) is 0 Å². The van der Waals surface area contributed by atoms with Crippen molar-refractivity contribution in [1.82, 2.24) is 9.88 Å². The minimum Gasteiger partial charge on any atom is -0.497 e. The number of aromatic nitrogens is 1. The van der Waals surface area contributed by atoms with Gasteiger partial charge in [0.1, 0.15) is 17.6 Å². The van der Waals surface area contributed by atoms with E-state index in [0.29, 0.717) is 0 Å². The molecule has 2 aromatic rings. The van der Waals surface area contributed by atoms with E-state index in [4.69, 9.17) is 9.47 Å². The number of nitrogens with zero attached hydrogens (tertiary/aromatic N) is 2. The Hall–Kier alpha value is -2.56. The third kappa shape index (κ3) is 3.18. The van der Waals surface area contributed by atoms with Crippen molar-refractivity contribution < 1.29 is 14.3 Å². The maximum atomic E-state index is 13.0. The Morgan fingerprint density at radius 2 is 1.80 bits per heavy atom. The predicted molar refractivity (Wildman–Crippen MR) is 93.9 cm³/mol. The topological polar surface area (TPSA) is 51.7 Å². The number of carbonyl (C=O) groups excluding carboxylic acids is 1. The number of ether oxygens (including phenoxy) is 2. The van der Waals surface area contributed by atoms with Gasteiger partial charge in [-0.1, -0.05) is 0 Å². The van der Waals surface area contributed by atoms with Crippen LogP contribution in [0.15, 0.2) is 48.8 Å². The minimum atomic E-state index is 0.120. The summed E-state index contributed by atoms with van der Waals surface area (Å²) < 4.78 is 11.3. The van der Waals surface area contributed by atoms with Gasteiger partial charge in [-0.05, 0) is 49.2 Å². The first kappa shape index (κ1) is 15.9. The van der Waals surface area contributed by atoms with Crippen LogP contribution >= 0.6 is 0 Å². The van der Waals surface area contributed by atoms with Gasteiger partial charge >= 0.3 is 0 Å².